The van der Waals surface area contributed by atoms with Crippen LogP contribution in [0.4, 0.5) is 0 Å². The van der Waals surface area contributed by atoms with Gasteiger partial charge in [0.15, 0.2) is 0 Å². The van der Waals surface area contributed by atoms with Crippen LogP contribution < -0.4 is 0 Å². The third-order valence-electron chi connectivity index (χ3n) is 6.32. The number of hydrogen-bond donors (Lipinski definition) is 0. The molecule has 0 radical (unpaired) electrons. The van der Waals surface area contributed by atoms with E-state index in [4.69, 9.17) is 4.74 Å². The lowest BCUT2D eigenvalue weighted by Gasteiger charge is -2.17. The smallest absolute Gasteiger partial charge is 0.305 e. The van der Waals surface area contributed by atoms with Crippen LogP contribution in [0.1, 0.15) is 169 Å². The van der Waals surface area contributed by atoms with Crippen molar-refractivity contribution < 1.29 is 9.53 Å². The number of rotatable bonds is 23. The highest BCUT2D eigenvalue weighted by Crippen LogP contribution is 2.22. The molecule has 2 heteroatoms. The van der Waals surface area contributed by atoms with Gasteiger partial charge in [-0.25, -0.2) is 0 Å². The van der Waals surface area contributed by atoms with Crippen molar-refractivity contribution in [3.05, 3.63) is 0 Å². The zero-order chi connectivity index (χ0) is 23.0. The molecule has 0 saturated carbocycles. The van der Waals surface area contributed by atoms with Crippen molar-refractivity contribution in [2.45, 2.75) is 169 Å². The number of carbonyl (C=O) groups is 1. The van der Waals surface area contributed by atoms with Gasteiger partial charge in [-0.15, -0.1) is 0 Å². The maximum absolute atomic E-state index is 11.8. The molecule has 0 fully saturated rings. The summed E-state index contributed by atoms with van der Waals surface area (Å²) in [5.41, 5.74) is 0.469. The van der Waals surface area contributed by atoms with Gasteiger partial charge in [-0.1, -0.05) is 143 Å². The normalized spacial score (nSPS) is 11.7. The highest BCUT2D eigenvalue weighted by Gasteiger charge is 2.08. The van der Waals surface area contributed by atoms with Crippen molar-refractivity contribution in [2.75, 3.05) is 6.61 Å². The fourth-order valence-corrected chi connectivity index (χ4v) is 4.19. The third-order valence-corrected chi connectivity index (χ3v) is 6.32. The summed E-state index contributed by atoms with van der Waals surface area (Å²) in [5, 5.41) is 0. The number of unbranched alkanes of at least 4 members (excludes halogenated alkanes) is 18. The number of ether oxygens (including phenoxy) is 1. The Bertz CT molecular complexity index is 369. The molecule has 0 heterocycles. The summed E-state index contributed by atoms with van der Waals surface area (Å²) in [5.74, 6) is 0.0161. The molecule has 0 N–H and O–H groups in total. The Hall–Kier alpha value is -0.530. The predicted octanol–water partition coefficient (Wildman–Crippen LogP) is 10.2. The number of esters is 1. The molecule has 0 bridgehead atoms. The van der Waals surface area contributed by atoms with Gasteiger partial charge in [-0.3, -0.25) is 4.79 Å². The minimum Gasteiger partial charge on any atom is -0.466 e. The molecular weight excluding hydrogens is 380 g/mol. The van der Waals surface area contributed by atoms with E-state index in [-0.39, 0.29) is 5.97 Å². The Morgan fingerprint density at radius 1 is 0.548 bits per heavy atom. The molecule has 186 valence electrons. The second-order valence-electron chi connectivity index (χ2n) is 11.0. The van der Waals surface area contributed by atoms with E-state index in [9.17, 15) is 4.79 Å². The van der Waals surface area contributed by atoms with Crippen LogP contribution >= 0.6 is 0 Å². The second kappa shape index (κ2) is 22.7. The third kappa shape index (κ3) is 27.4. The molecule has 0 aliphatic heterocycles. The van der Waals surface area contributed by atoms with Gasteiger partial charge >= 0.3 is 5.97 Å². The summed E-state index contributed by atoms with van der Waals surface area (Å²) in [6.07, 6.45) is 28.4. The van der Waals surface area contributed by atoms with E-state index in [0.717, 1.165) is 12.8 Å². The summed E-state index contributed by atoms with van der Waals surface area (Å²) in [6.45, 7) is 9.86. The van der Waals surface area contributed by atoms with E-state index in [2.05, 4.69) is 27.7 Å². The Kier molecular flexibility index (Phi) is 22.3. The first kappa shape index (κ1) is 30.5. The second-order valence-corrected chi connectivity index (χ2v) is 11.0. The van der Waals surface area contributed by atoms with Crippen LogP contribution in [0.5, 0.6) is 0 Å². The lowest BCUT2D eigenvalue weighted by molar-refractivity contribution is -0.143. The minimum absolute atomic E-state index is 0.0161. The maximum atomic E-state index is 11.8. The molecule has 2 nitrogen and oxygen atoms in total. The molecule has 0 atom stereocenters. The van der Waals surface area contributed by atoms with Gasteiger partial charge in [0.05, 0.1) is 6.61 Å². The monoisotopic (exact) mass is 438 g/mol. The van der Waals surface area contributed by atoms with Crippen molar-refractivity contribution >= 4 is 5.97 Å². The average molecular weight is 439 g/mol. The van der Waals surface area contributed by atoms with E-state index in [1.54, 1.807) is 0 Å². The van der Waals surface area contributed by atoms with Gasteiger partial charge in [0.2, 0.25) is 0 Å². The molecule has 0 aromatic carbocycles. The van der Waals surface area contributed by atoms with E-state index < -0.39 is 0 Å². The summed E-state index contributed by atoms with van der Waals surface area (Å²) in [6, 6.07) is 0. The first-order chi connectivity index (χ1) is 15.0. The number of hydrogen-bond acceptors (Lipinski definition) is 2. The van der Waals surface area contributed by atoms with Crippen LogP contribution in [0, 0.1) is 5.41 Å². The summed E-state index contributed by atoms with van der Waals surface area (Å²) >= 11 is 0. The van der Waals surface area contributed by atoms with Crippen LogP contribution in [0.2, 0.25) is 0 Å². The molecule has 0 saturated heterocycles. The largest absolute Gasteiger partial charge is 0.466 e. The molecule has 0 aromatic heterocycles. The zero-order valence-corrected chi connectivity index (χ0v) is 22.1. The molecule has 31 heavy (non-hydrogen) atoms. The van der Waals surface area contributed by atoms with Gasteiger partial charge in [0.1, 0.15) is 0 Å². The van der Waals surface area contributed by atoms with Crippen molar-refractivity contribution in [3.63, 3.8) is 0 Å². The molecule has 0 amide bonds. The molecule has 0 aliphatic rings. The molecule has 0 aliphatic carbocycles. The standard InChI is InChI=1S/C29H58O2/c1-5-6-7-8-9-10-11-12-13-14-15-18-21-24-27-31-28(30)25-22-19-16-17-20-23-26-29(2,3)4/h5-27H2,1-4H3. The molecule has 0 rings (SSSR count). The lowest BCUT2D eigenvalue weighted by atomic mass is 9.89. The average Bonchev–Trinajstić information content (AvgIpc) is 2.72. The van der Waals surface area contributed by atoms with E-state index in [1.807, 2.05) is 0 Å². The van der Waals surface area contributed by atoms with Crippen molar-refractivity contribution in [1.29, 1.82) is 0 Å². The predicted molar refractivity (Wildman–Crippen MR) is 138 cm³/mol. The van der Waals surface area contributed by atoms with E-state index >= 15 is 0 Å². The Labute approximate surface area is 196 Å². The van der Waals surface area contributed by atoms with E-state index in [0.29, 0.717) is 18.4 Å². The van der Waals surface area contributed by atoms with Gasteiger partial charge in [0.25, 0.3) is 0 Å². The van der Waals surface area contributed by atoms with Crippen LogP contribution in [-0.2, 0) is 9.53 Å². The zero-order valence-electron chi connectivity index (χ0n) is 22.1. The topological polar surface area (TPSA) is 26.3 Å². The Balaban J connectivity index is 3.18. The lowest BCUT2D eigenvalue weighted by Crippen LogP contribution is -2.05. The molecule has 0 unspecified atom stereocenters. The summed E-state index contributed by atoms with van der Waals surface area (Å²) < 4.78 is 5.39. The maximum Gasteiger partial charge on any atom is 0.305 e. The van der Waals surface area contributed by atoms with Gasteiger partial charge < -0.3 is 4.74 Å². The van der Waals surface area contributed by atoms with Gasteiger partial charge in [-0.05, 0) is 24.7 Å². The SMILES string of the molecule is CCCCCCCCCCCCCCCCOC(=O)CCCCCCCCC(C)(C)C. The first-order valence-corrected chi connectivity index (χ1v) is 14.1. The fraction of sp³-hybridized carbons (Fsp3) is 0.966. The van der Waals surface area contributed by atoms with Crippen molar-refractivity contribution in [1.82, 2.24) is 0 Å². The van der Waals surface area contributed by atoms with Crippen molar-refractivity contribution in [3.8, 4) is 0 Å². The van der Waals surface area contributed by atoms with Gasteiger partial charge in [0, 0.05) is 6.42 Å². The van der Waals surface area contributed by atoms with Crippen LogP contribution in [0.15, 0.2) is 0 Å². The van der Waals surface area contributed by atoms with Gasteiger partial charge in [-0.2, -0.15) is 0 Å². The van der Waals surface area contributed by atoms with Crippen LogP contribution in [0.3, 0.4) is 0 Å². The van der Waals surface area contributed by atoms with Crippen LogP contribution in [0.25, 0.3) is 0 Å². The van der Waals surface area contributed by atoms with Crippen LogP contribution in [-0.4, -0.2) is 12.6 Å². The Morgan fingerprint density at radius 3 is 1.39 bits per heavy atom. The highest BCUT2D eigenvalue weighted by atomic mass is 16.5. The first-order valence-electron chi connectivity index (χ1n) is 14.1. The molecular formula is C29H58O2. The molecule has 0 spiro atoms. The number of carbonyl (C=O) groups excluding carboxylic acids is 1. The highest BCUT2D eigenvalue weighted by molar-refractivity contribution is 5.69. The molecule has 0 aromatic rings. The summed E-state index contributed by atoms with van der Waals surface area (Å²) in [4.78, 5) is 11.8. The van der Waals surface area contributed by atoms with Crippen molar-refractivity contribution in [2.24, 2.45) is 5.41 Å². The van der Waals surface area contributed by atoms with E-state index in [1.165, 1.54) is 122 Å². The fourth-order valence-electron chi connectivity index (χ4n) is 4.19. The quantitative estimate of drug-likeness (QED) is 0.117. The summed E-state index contributed by atoms with van der Waals surface area (Å²) in [7, 11) is 0. The minimum atomic E-state index is 0.0161. The Morgan fingerprint density at radius 2 is 0.935 bits per heavy atom.